The second-order valence-electron chi connectivity index (χ2n) is 7.09. The van der Waals surface area contributed by atoms with Crippen molar-refractivity contribution in [2.45, 2.75) is 33.7 Å². The number of methoxy groups -OCH3 is 1. The van der Waals surface area contributed by atoms with Crippen molar-refractivity contribution in [3.8, 4) is 11.5 Å². The molecule has 0 aliphatic rings. The van der Waals surface area contributed by atoms with E-state index in [-0.39, 0.29) is 29.8 Å². The minimum Gasteiger partial charge on any atom is -0.497 e. The molecule has 6 heteroatoms. The van der Waals surface area contributed by atoms with E-state index < -0.39 is 0 Å². The summed E-state index contributed by atoms with van der Waals surface area (Å²) in [5.74, 6) is 0.539. The summed E-state index contributed by atoms with van der Waals surface area (Å²) in [6.07, 6.45) is 0. The maximum absolute atomic E-state index is 12.5. The molecule has 1 atom stereocenters. The second kappa shape index (κ2) is 8.36. The molecule has 2 aromatic rings. The summed E-state index contributed by atoms with van der Waals surface area (Å²) in [6, 6.07) is 8.81. The van der Waals surface area contributed by atoms with Gasteiger partial charge in [-0.05, 0) is 35.9 Å². The lowest BCUT2D eigenvalue weighted by molar-refractivity contribution is -0.124. The van der Waals surface area contributed by atoms with E-state index in [1.807, 2.05) is 17.5 Å². The fraction of sp³-hybridized carbons (Fsp3) is 0.400. The van der Waals surface area contributed by atoms with Gasteiger partial charge in [-0.15, -0.1) is 11.3 Å². The number of nitrogens with one attached hydrogen (secondary N) is 1. The number of carbonyl (C=O) groups is 2. The molecule has 2 rings (SSSR count). The molecule has 26 heavy (non-hydrogen) atoms. The number of rotatable bonds is 7. The Kier molecular flexibility index (Phi) is 6.42. The summed E-state index contributed by atoms with van der Waals surface area (Å²) >= 11 is 1.61. The Labute approximate surface area is 158 Å². The molecular weight excluding hydrogens is 350 g/mol. The molecular formula is C20H25NO4S. The zero-order valence-electron chi connectivity index (χ0n) is 15.8. The first-order valence-corrected chi connectivity index (χ1v) is 9.25. The van der Waals surface area contributed by atoms with Gasteiger partial charge in [0.15, 0.2) is 12.4 Å². The van der Waals surface area contributed by atoms with Crippen molar-refractivity contribution in [1.82, 2.24) is 5.32 Å². The van der Waals surface area contributed by atoms with Gasteiger partial charge in [-0.2, -0.15) is 0 Å². The zero-order chi connectivity index (χ0) is 19.3. The molecule has 0 bridgehead atoms. The van der Waals surface area contributed by atoms with Crippen LogP contribution in [-0.2, 0) is 4.79 Å². The maximum Gasteiger partial charge on any atom is 0.258 e. The van der Waals surface area contributed by atoms with Gasteiger partial charge in [-0.25, -0.2) is 0 Å². The zero-order valence-corrected chi connectivity index (χ0v) is 16.6. The Bertz CT molecular complexity index is 763. The standard InChI is InChI=1S/C20H25NO4S/c1-13(22)15-9-8-14(24-5)11-16(15)25-12-18(23)21-19(20(2,3)4)17-7-6-10-26-17/h6-11,19H,12H2,1-5H3,(H,21,23). The topological polar surface area (TPSA) is 64.6 Å². The molecule has 5 nitrogen and oxygen atoms in total. The highest BCUT2D eigenvalue weighted by atomic mass is 32.1. The normalized spacial score (nSPS) is 12.3. The van der Waals surface area contributed by atoms with Crippen LogP contribution in [0.15, 0.2) is 35.7 Å². The van der Waals surface area contributed by atoms with Crippen molar-refractivity contribution in [1.29, 1.82) is 0 Å². The van der Waals surface area contributed by atoms with Crippen LogP contribution >= 0.6 is 11.3 Å². The van der Waals surface area contributed by atoms with Crippen LogP contribution in [0.3, 0.4) is 0 Å². The van der Waals surface area contributed by atoms with Crippen LogP contribution in [-0.4, -0.2) is 25.4 Å². The third-order valence-electron chi connectivity index (χ3n) is 3.93. The number of thiophene rings is 1. The average Bonchev–Trinajstić information content (AvgIpc) is 3.10. The van der Waals surface area contributed by atoms with E-state index in [1.165, 1.54) is 14.0 Å². The van der Waals surface area contributed by atoms with Gasteiger partial charge in [-0.3, -0.25) is 9.59 Å². The smallest absolute Gasteiger partial charge is 0.258 e. The quantitative estimate of drug-likeness (QED) is 0.735. The van der Waals surface area contributed by atoms with E-state index in [0.29, 0.717) is 17.1 Å². The van der Waals surface area contributed by atoms with E-state index in [2.05, 4.69) is 26.1 Å². The van der Waals surface area contributed by atoms with E-state index in [0.717, 1.165) is 4.88 Å². The van der Waals surface area contributed by atoms with Gasteiger partial charge >= 0.3 is 0 Å². The van der Waals surface area contributed by atoms with Crippen molar-refractivity contribution in [3.63, 3.8) is 0 Å². The van der Waals surface area contributed by atoms with E-state index in [1.54, 1.807) is 29.5 Å². The second-order valence-corrected chi connectivity index (χ2v) is 8.07. The van der Waals surface area contributed by atoms with E-state index in [9.17, 15) is 9.59 Å². The Morgan fingerprint density at radius 1 is 1.23 bits per heavy atom. The number of amides is 1. The number of carbonyl (C=O) groups excluding carboxylic acids is 2. The molecule has 1 aromatic heterocycles. The minimum atomic E-state index is -0.240. The predicted molar refractivity (Wildman–Crippen MR) is 103 cm³/mol. The fourth-order valence-electron chi connectivity index (χ4n) is 2.56. The van der Waals surface area contributed by atoms with Crippen molar-refractivity contribution in [2.75, 3.05) is 13.7 Å². The van der Waals surface area contributed by atoms with Crippen LogP contribution in [0.1, 0.15) is 49.0 Å². The van der Waals surface area contributed by atoms with Crippen molar-refractivity contribution in [2.24, 2.45) is 5.41 Å². The van der Waals surface area contributed by atoms with Gasteiger partial charge in [0.2, 0.25) is 0 Å². The van der Waals surface area contributed by atoms with E-state index >= 15 is 0 Å². The lowest BCUT2D eigenvalue weighted by Gasteiger charge is -2.30. The third-order valence-corrected chi connectivity index (χ3v) is 4.86. The van der Waals surface area contributed by atoms with Crippen molar-refractivity contribution in [3.05, 3.63) is 46.2 Å². The molecule has 1 amide bonds. The third kappa shape index (κ3) is 5.08. The molecule has 0 spiro atoms. The lowest BCUT2D eigenvalue weighted by atomic mass is 9.86. The number of hydrogen-bond acceptors (Lipinski definition) is 5. The average molecular weight is 375 g/mol. The molecule has 0 aliphatic heterocycles. The number of Topliss-reactive ketones (excluding diaryl/α,β-unsaturated/α-hetero) is 1. The molecule has 140 valence electrons. The molecule has 1 aromatic carbocycles. The highest BCUT2D eigenvalue weighted by Gasteiger charge is 2.28. The fourth-order valence-corrected chi connectivity index (χ4v) is 3.58. The summed E-state index contributed by atoms with van der Waals surface area (Å²) in [4.78, 5) is 25.3. The van der Waals surface area contributed by atoms with Gasteiger partial charge in [-0.1, -0.05) is 26.8 Å². The van der Waals surface area contributed by atoms with Gasteiger partial charge in [0.05, 0.1) is 18.7 Å². The van der Waals surface area contributed by atoms with Gasteiger partial charge in [0, 0.05) is 10.9 Å². The van der Waals surface area contributed by atoms with Crippen LogP contribution in [0.25, 0.3) is 0 Å². The highest BCUT2D eigenvalue weighted by Crippen LogP contribution is 2.35. The highest BCUT2D eigenvalue weighted by molar-refractivity contribution is 7.10. The Morgan fingerprint density at radius 3 is 2.50 bits per heavy atom. The van der Waals surface area contributed by atoms with Crippen LogP contribution < -0.4 is 14.8 Å². The Balaban J connectivity index is 2.09. The molecule has 0 radical (unpaired) electrons. The molecule has 1 unspecified atom stereocenters. The van der Waals surface area contributed by atoms with Crippen molar-refractivity contribution < 1.29 is 19.1 Å². The number of ketones is 1. The first-order chi connectivity index (χ1) is 12.2. The monoisotopic (exact) mass is 375 g/mol. The molecule has 0 aliphatic carbocycles. The molecule has 0 fully saturated rings. The molecule has 1 N–H and O–H groups in total. The van der Waals surface area contributed by atoms with Gasteiger partial charge < -0.3 is 14.8 Å². The largest absolute Gasteiger partial charge is 0.497 e. The number of ether oxygens (including phenoxy) is 2. The summed E-state index contributed by atoms with van der Waals surface area (Å²) in [6.45, 7) is 7.52. The predicted octanol–water partition coefficient (Wildman–Crippen LogP) is 4.24. The SMILES string of the molecule is COc1ccc(C(C)=O)c(OCC(=O)NC(c2cccs2)C(C)(C)C)c1. The number of benzene rings is 1. The number of hydrogen-bond donors (Lipinski definition) is 1. The van der Waals surface area contributed by atoms with Crippen LogP contribution in [0.4, 0.5) is 0 Å². The molecule has 1 heterocycles. The minimum absolute atomic E-state index is 0.115. The van der Waals surface area contributed by atoms with Gasteiger partial charge in [0.1, 0.15) is 11.5 Å². The van der Waals surface area contributed by atoms with Crippen LogP contribution in [0, 0.1) is 5.41 Å². The summed E-state index contributed by atoms with van der Waals surface area (Å²) in [5, 5.41) is 5.03. The first-order valence-electron chi connectivity index (χ1n) is 8.37. The summed E-state index contributed by atoms with van der Waals surface area (Å²) < 4.78 is 10.8. The first kappa shape index (κ1) is 20.0. The Hall–Kier alpha value is -2.34. The van der Waals surface area contributed by atoms with Crippen LogP contribution in [0.2, 0.25) is 0 Å². The maximum atomic E-state index is 12.5. The van der Waals surface area contributed by atoms with Gasteiger partial charge in [0.25, 0.3) is 5.91 Å². The lowest BCUT2D eigenvalue weighted by Crippen LogP contribution is -2.38. The Morgan fingerprint density at radius 2 is 1.96 bits per heavy atom. The summed E-state index contributed by atoms with van der Waals surface area (Å²) in [5.41, 5.74) is 0.283. The molecule has 0 saturated heterocycles. The summed E-state index contributed by atoms with van der Waals surface area (Å²) in [7, 11) is 1.54. The van der Waals surface area contributed by atoms with Crippen LogP contribution in [0.5, 0.6) is 11.5 Å². The van der Waals surface area contributed by atoms with Crippen molar-refractivity contribution >= 4 is 23.0 Å². The molecule has 0 saturated carbocycles. The van der Waals surface area contributed by atoms with E-state index in [4.69, 9.17) is 9.47 Å².